The maximum absolute atomic E-state index is 12.7. The van der Waals surface area contributed by atoms with Crippen LogP contribution in [-0.4, -0.2) is 21.7 Å². The summed E-state index contributed by atoms with van der Waals surface area (Å²) in [4.78, 5) is 15.0. The van der Waals surface area contributed by atoms with Gasteiger partial charge in [-0.15, -0.1) is 0 Å². The lowest BCUT2D eigenvalue weighted by molar-refractivity contribution is -0.122. The maximum atomic E-state index is 12.7. The van der Waals surface area contributed by atoms with Crippen LogP contribution in [0.2, 0.25) is 5.02 Å². The Morgan fingerprint density at radius 2 is 1.83 bits per heavy atom. The maximum Gasteiger partial charge on any atom is 0.266 e. The average molecular weight is 576 g/mol. The van der Waals surface area contributed by atoms with Crippen molar-refractivity contribution in [3.8, 4) is 5.75 Å². The fourth-order valence-electron chi connectivity index (χ4n) is 2.71. The Hall–Kier alpha value is -0.860. The Labute approximate surface area is 202 Å². The second kappa shape index (κ2) is 9.96. The summed E-state index contributed by atoms with van der Waals surface area (Å²) in [5.74, 6) is 1.02. The van der Waals surface area contributed by atoms with Gasteiger partial charge in [0.25, 0.3) is 5.91 Å². The Balaban J connectivity index is 1.77. The van der Waals surface area contributed by atoms with Gasteiger partial charge >= 0.3 is 0 Å². The summed E-state index contributed by atoms with van der Waals surface area (Å²) in [5, 5.41) is 0.694. The molecule has 8 heteroatoms. The number of hydrogen-bond donors (Lipinski definition) is 0. The average Bonchev–Trinajstić information content (AvgIpc) is 2.89. The molecule has 0 aromatic heterocycles. The first-order valence-corrected chi connectivity index (χ1v) is 12.0. The third kappa shape index (κ3) is 5.85. The van der Waals surface area contributed by atoms with Crippen molar-refractivity contribution < 1.29 is 9.53 Å². The van der Waals surface area contributed by atoms with Crippen LogP contribution < -0.4 is 4.74 Å². The van der Waals surface area contributed by atoms with Gasteiger partial charge < -0.3 is 4.74 Å². The number of benzene rings is 2. The van der Waals surface area contributed by atoms with Gasteiger partial charge in [-0.2, -0.15) is 0 Å². The first-order chi connectivity index (χ1) is 13.7. The molecule has 1 aliphatic rings. The number of amides is 1. The van der Waals surface area contributed by atoms with Crippen molar-refractivity contribution >= 4 is 83.7 Å². The highest BCUT2D eigenvalue weighted by Crippen LogP contribution is 2.38. The van der Waals surface area contributed by atoms with Crippen LogP contribution in [0.1, 0.15) is 25.0 Å². The molecule has 3 rings (SSSR count). The fraction of sp³-hybridized carbons (Fsp3) is 0.238. The van der Waals surface area contributed by atoms with Crippen molar-refractivity contribution in [2.45, 2.75) is 20.5 Å². The fourth-order valence-corrected chi connectivity index (χ4v) is 5.56. The van der Waals surface area contributed by atoms with Crippen molar-refractivity contribution in [3.05, 3.63) is 66.4 Å². The van der Waals surface area contributed by atoms with E-state index in [1.807, 2.05) is 42.5 Å². The smallest absolute Gasteiger partial charge is 0.266 e. The van der Waals surface area contributed by atoms with Crippen LogP contribution in [0.3, 0.4) is 0 Å². The number of halogens is 3. The molecule has 2 aromatic carbocycles. The van der Waals surface area contributed by atoms with Gasteiger partial charge in [-0.3, -0.25) is 9.69 Å². The van der Waals surface area contributed by atoms with Crippen LogP contribution in [0.25, 0.3) is 6.08 Å². The van der Waals surface area contributed by atoms with Crippen molar-refractivity contribution in [3.63, 3.8) is 0 Å². The van der Waals surface area contributed by atoms with Crippen molar-refractivity contribution in [1.29, 1.82) is 0 Å². The first kappa shape index (κ1) is 22.8. The molecule has 0 saturated carbocycles. The summed E-state index contributed by atoms with van der Waals surface area (Å²) in [6.45, 7) is 5.19. The number of thiocarbonyl (C=S) groups is 1. The van der Waals surface area contributed by atoms with Gasteiger partial charge in [0.1, 0.15) is 16.7 Å². The van der Waals surface area contributed by atoms with Crippen LogP contribution >= 0.6 is 67.4 Å². The number of carbonyl (C=O) groups is 1. The molecular weight excluding hydrogens is 558 g/mol. The molecule has 0 bridgehead atoms. The zero-order chi connectivity index (χ0) is 21.1. The molecular formula is C21H18Br2ClNO2S2. The van der Waals surface area contributed by atoms with Crippen molar-refractivity contribution in [1.82, 2.24) is 4.90 Å². The molecule has 1 fully saturated rings. The number of ether oxygens (including phenoxy) is 1. The van der Waals surface area contributed by atoms with Gasteiger partial charge in [0.15, 0.2) is 0 Å². The molecule has 2 aromatic rings. The zero-order valence-corrected chi connectivity index (χ0v) is 21.3. The van der Waals surface area contributed by atoms with Crippen LogP contribution in [0.4, 0.5) is 0 Å². The van der Waals surface area contributed by atoms with Crippen molar-refractivity contribution in [2.24, 2.45) is 5.92 Å². The molecule has 0 aliphatic carbocycles. The molecule has 0 N–H and O–H groups in total. The molecule has 1 aliphatic heterocycles. The normalized spacial score (nSPS) is 15.7. The van der Waals surface area contributed by atoms with E-state index in [1.165, 1.54) is 11.8 Å². The number of hydrogen-bond acceptors (Lipinski definition) is 4. The number of thioether (sulfide) groups is 1. The predicted molar refractivity (Wildman–Crippen MR) is 132 cm³/mol. The lowest BCUT2D eigenvalue weighted by atomic mass is 10.2. The highest BCUT2D eigenvalue weighted by atomic mass is 79.9. The first-order valence-electron chi connectivity index (χ1n) is 8.86. The number of rotatable bonds is 6. The summed E-state index contributed by atoms with van der Waals surface area (Å²) in [5.41, 5.74) is 1.90. The van der Waals surface area contributed by atoms with Crippen LogP contribution in [-0.2, 0) is 11.4 Å². The van der Waals surface area contributed by atoms with E-state index >= 15 is 0 Å². The standard InChI is InChI=1S/C21H18Br2ClNO2S2/c1-12(2)10-25-20(26)18(29-21(25)28)9-14-7-16(22)19(17(23)8-14)27-11-13-3-5-15(24)6-4-13/h3-9,12H,10-11H2,1-2H3/b18-9-. The summed E-state index contributed by atoms with van der Waals surface area (Å²) < 4.78 is 8.16. The summed E-state index contributed by atoms with van der Waals surface area (Å²) in [7, 11) is 0. The second-order valence-electron chi connectivity index (χ2n) is 6.91. The van der Waals surface area contributed by atoms with Gasteiger partial charge in [-0.25, -0.2) is 0 Å². The molecule has 152 valence electrons. The van der Waals surface area contributed by atoms with Gasteiger partial charge in [0.05, 0.1) is 13.9 Å². The van der Waals surface area contributed by atoms with E-state index in [-0.39, 0.29) is 5.91 Å². The summed E-state index contributed by atoms with van der Waals surface area (Å²) in [6, 6.07) is 11.4. The van der Waals surface area contributed by atoms with Gasteiger partial charge in [0, 0.05) is 11.6 Å². The van der Waals surface area contributed by atoms with E-state index < -0.39 is 0 Å². The highest BCUT2D eigenvalue weighted by molar-refractivity contribution is 9.11. The zero-order valence-electron chi connectivity index (χ0n) is 15.7. The second-order valence-corrected chi connectivity index (χ2v) is 10.7. The van der Waals surface area contributed by atoms with E-state index in [0.717, 1.165) is 20.1 Å². The van der Waals surface area contributed by atoms with E-state index in [0.29, 0.717) is 39.1 Å². The van der Waals surface area contributed by atoms with Crippen LogP contribution in [0.15, 0.2) is 50.2 Å². The Bertz CT molecular complexity index is 954. The molecule has 29 heavy (non-hydrogen) atoms. The molecule has 0 atom stereocenters. The van der Waals surface area contributed by atoms with Gasteiger partial charge in [-0.05, 0) is 79.2 Å². The van der Waals surface area contributed by atoms with Crippen molar-refractivity contribution in [2.75, 3.05) is 6.54 Å². The molecule has 0 radical (unpaired) electrons. The third-order valence-electron chi connectivity index (χ3n) is 4.04. The number of carbonyl (C=O) groups excluding carboxylic acids is 1. The monoisotopic (exact) mass is 573 g/mol. The molecule has 3 nitrogen and oxygen atoms in total. The molecule has 0 spiro atoms. The van der Waals surface area contributed by atoms with Crippen LogP contribution in [0, 0.1) is 5.92 Å². The Morgan fingerprint density at radius 1 is 1.21 bits per heavy atom. The van der Waals surface area contributed by atoms with E-state index in [4.69, 9.17) is 28.6 Å². The Morgan fingerprint density at radius 3 is 2.41 bits per heavy atom. The molecule has 1 saturated heterocycles. The van der Waals surface area contributed by atoms with Crippen LogP contribution in [0.5, 0.6) is 5.75 Å². The third-order valence-corrected chi connectivity index (χ3v) is 6.84. The summed E-state index contributed by atoms with van der Waals surface area (Å²) >= 11 is 19.8. The Kier molecular flexibility index (Phi) is 7.84. The topological polar surface area (TPSA) is 29.5 Å². The SMILES string of the molecule is CC(C)CN1C(=O)/C(=C/c2cc(Br)c(OCc3ccc(Cl)cc3)c(Br)c2)SC1=S. The lowest BCUT2D eigenvalue weighted by Crippen LogP contribution is -2.31. The molecule has 1 amide bonds. The van der Waals surface area contributed by atoms with Gasteiger partial charge in [-0.1, -0.05) is 61.6 Å². The van der Waals surface area contributed by atoms with E-state index in [1.54, 1.807) is 4.90 Å². The molecule has 1 heterocycles. The minimum Gasteiger partial charge on any atom is -0.487 e. The largest absolute Gasteiger partial charge is 0.487 e. The number of nitrogens with zero attached hydrogens (tertiary/aromatic N) is 1. The minimum atomic E-state index is -0.0380. The quantitative estimate of drug-likeness (QED) is 0.267. The van der Waals surface area contributed by atoms with E-state index in [2.05, 4.69) is 45.7 Å². The van der Waals surface area contributed by atoms with E-state index in [9.17, 15) is 4.79 Å². The van der Waals surface area contributed by atoms with Gasteiger partial charge in [0.2, 0.25) is 0 Å². The molecule has 0 unspecified atom stereocenters. The lowest BCUT2D eigenvalue weighted by Gasteiger charge is -2.16. The minimum absolute atomic E-state index is 0.0380. The highest BCUT2D eigenvalue weighted by Gasteiger charge is 2.32. The summed E-state index contributed by atoms with van der Waals surface area (Å²) in [6.07, 6.45) is 1.86. The predicted octanol–water partition coefficient (Wildman–Crippen LogP) is 7.30.